The maximum absolute atomic E-state index is 5.88. The first-order valence-corrected chi connectivity index (χ1v) is 8.66. The lowest BCUT2D eigenvalue weighted by Gasteiger charge is -2.32. The van der Waals surface area contributed by atoms with Gasteiger partial charge < -0.3 is 15.0 Å². The molecule has 0 fully saturated rings. The lowest BCUT2D eigenvalue weighted by Crippen LogP contribution is -2.42. The van der Waals surface area contributed by atoms with Crippen molar-refractivity contribution in [2.45, 2.75) is 45.5 Å². The lowest BCUT2D eigenvalue weighted by atomic mass is 9.98. The van der Waals surface area contributed by atoms with Gasteiger partial charge in [-0.25, -0.2) is 0 Å². The Morgan fingerprint density at radius 1 is 0.917 bits per heavy atom. The molecule has 0 radical (unpaired) electrons. The van der Waals surface area contributed by atoms with Gasteiger partial charge in [-0.15, -0.1) is 0 Å². The van der Waals surface area contributed by atoms with E-state index < -0.39 is 0 Å². The molecule has 0 aliphatic heterocycles. The molecule has 1 N–H and O–H groups in total. The molecule has 24 heavy (non-hydrogen) atoms. The molecule has 0 unspecified atom stereocenters. The lowest BCUT2D eigenvalue weighted by molar-refractivity contribution is 0.232. The Bertz CT molecular complexity index is 593. The predicted molar refractivity (Wildman–Crippen MR) is 101 cm³/mol. The first-order valence-electron chi connectivity index (χ1n) is 8.66. The largest absolute Gasteiger partial charge is 0.489 e. The van der Waals surface area contributed by atoms with Crippen LogP contribution in [0.4, 0.5) is 0 Å². The van der Waals surface area contributed by atoms with Crippen molar-refractivity contribution < 1.29 is 4.74 Å². The van der Waals surface area contributed by atoms with Crippen LogP contribution in [-0.4, -0.2) is 31.1 Å². The minimum atomic E-state index is 0.329. The van der Waals surface area contributed by atoms with Crippen molar-refractivity contribution in [2.75, 3.05) is 14.1 Å². The molecule has 2 atom stereocenters. The van der Waals surface area contributed by atoms with Crippen LogP contribution in [0.25, 0.3) is 0 Å². The molecule has 0 saturated heterocycles. The molecule has 0 amide bonds. The summed E-state index contributed by atoms with van der Waals surface area (Å²) >= 11 is 0. The number of nitrogens with one attached hydrogen (secondary N) is 1. The molecule has 0 aromatic heterocycles. The Hall–Kier alpha value is -1.84. The van der Waals surface area contributed by atoms with Crippen LogP contribution >= 0.6 is 0 Å². The highest BCUT2D eigenvalue weighted by molar-refractivity contribution is 5.30. The van der Waals surface area contributed by atoms with Gasteiger partial charge in [0.25, 0.3) is 0 Å². The molecule has 0 aliphatic rings. The monoisotopic (exact) mass is 326 g/mol. The minimum Gasteiger partial charge on any atom is -0.489 e. The van der Waals surface area contributed by atoms with Crippen LogP contribution in [0.2, 0.25) is 0 Å². The molecule has 0 spiro atoms. The summed E-state index contributed by atoms with van der Waals surface area (Å²) in [6, 6.07) is 19.9. The number of rotatable bonds is 8. The van der Waals surface area contributed by atoms with Gasteiger partial charge >= 0.3 is 0 Å². The van der Waals surface area contributed by atoms with E-state index in [1.807, 2.05) is 18.2 Å². The van der Waals surface area contributed by atoms with Crippen molar-refractivity contribution in [1.82, 2.24) is 10.2 Å². The normalized spacial score (nSPS) is 14.0. The standard InChI is InChI=1S/C21H30N2O/c1-16(2)22-17(3)21(23(4)5)19-11-13-20(14-12-19)24-15-18-9-7-6-8-10-18/h6-14,16-17,21-22H,15H2,1-5H3/t17-,21+/m0/s1. The van der Waals surface area contributed by atoms with E-state index in [4.69, 9.17) is 4.74 Å². The van der Waals surface area contributed by atoms with Crippen LogP contribution in [0.1, 0.15) is 37.9 Å². The van der Waals surface area contributed by atoms with Crippen molar-refractivity contribution in [1.29, 1.82) is 0 Å². The smallest absolute Gasteiger partial charge is 0.119 e. The Morgan fingerprint density at radius 3 is 2.08 bits per heavy atom. The fraction of sp³-hybridized carbons (Fsp3) is 0.429. The van der Waals surface area contributed by atoms with Crippen LogP contribution in [-0.2, 0) is 6.61 Å². The van der Waals surface area contributed by atoms with E-state index in [0.717, 1.165) is 5.75 Å². The Kier molecular flexibility index (Phi) is 6.83. The van der Waals surface area contributed by atoms with Gasteiger partial charge in [0.2, 0.25) is 0 Å². The Labute approximate surface area is 146 Å². The summed E-state index contributed by atoms with van der Waals surface area (Å²) < 4.78 is 5.88. The number of benzene rings is 2. The second-order valence-electron chi connectivity index (χ2n) is 6.86. The molecule has 130 valence electrons. The molecule has 3 heteroatoms. The van der Waals surface area contributed by atoms with Crippen molar-refractivity contribution in [2.24, 2.45) is 0 Å². The van der Waals surface area contributed by atoms with Crippen molar-refractivity contribution in [3.05, 3.63) is 65.7 Å². The van der Waals surface area contributed by atoms with E-state index >= 15 is 0 Å². The third kappa shape index (κ3) is 5.36. The zero-order chi connectivity index (χ0) is 17.5. The Morgan fingerprint density at radius 2 is 1.54 bits per heavy atom. The van der Waals surface area contributed by atoms with E-state index in [0.29, 0.717) is 24.7 Å². The zero-order valence-corrected chi connectivity index (χ0v) is 15.5. The van der Waals surface area contributed by atoms with E-state index in [1.165, 1.54) is 11.1 Å². The van der Waals surface area contributed by atoms with Crippen LogP contribution < -0.4 is 10.1 Å². The van der Waals surface area contributed by atoms with Gasteiger partial charge in [-0.3, -0.25) is 0 Å². The SMILES string of the molecule is CC(C)N[C@@H](C)[C@H](c1ccc(OCc2ccccc2)cc1)N(C)C. The van der Waals surface area contributed by atoms with Gasteiger partial charge in [-0.05, 0) is 44.3 Å². The quantitative estimate of drug-likeness (QED) is 0.784. The average molecular weight is 326 g/mol. The third-order valence-corrected chi connectivity index (χ3v) is 4.10. The topological polar surface area (TPSA) is 24.5 Å². The fourth-order valence-corrected chi connectivity index (χ4v) is 3.15. The van der Waals surface area contributed by atoms with Crippen LogP contribution in [0, 0.1) is 0 Å². The van der Waals surface area contributed by atoms with Crippen molar-refractivity contribution in [3.8, 4) is 5.75 Å². The highest BCUT2D eigenvalue weighted by Crippen LogP contribution is 2.25. The van der Waals surface area contributed by atoms with E-state index in [9.17, 15) is 0 Å². The number of ether oxygens (including phenoxy) is 1. The maximum Gasteiger partial charge on any atom is 0.119 e. The minimum absolute atomic E-state index is 0.329. The van der Waals surface area contributed by atoms with Gasteiger partial charge in [0.15, 0.2) is 0 Å². The first-order chi connectivity index (χ1) is 11.5. The Balaban J connectivity index is 2.03. The van der Waals surface area contributed by atoms with Gasteiger partial charge in [-0.2, -0.15) is 0 Å². The number of nitrogens with zero attached hydrogens (tertiary/aromatic N) is 1. The van der Waals surface area contributed by atoms with E-state index in [2.05, 4.69) is 81.5 Å². The molecule has 0 bridgehead atoms. The summed E-state index contributed by atoms with van der Waals surface area (Å²) in [5.41, 5.74) is 2.48. The second kappa shape index (κ2) is 8.86. The van der Waals surface area contributed by atoms with E-state index in [1.54, 1.807) is 0 Å². The molecule has 0 saturated carbocycles. The van der Waals surface area contributed by atoms with Crippen LogP contribution in [0.3, 0.4) is 0 Å². The number of likely N-dealkylation sites (N-methyl/N-ethyl adjacent to an activating group) is 1. The van der Waals surface area contributed by atoms with Gasteiger partial charge in [0, 0.05) is 18.1 Å². The second-order valence-corrected chi connectivity index (χ2v) is 6.86. The van der Waals surface area contributed by atoms with Gasteiger partial charge in [-0.1, -0.05) is 56.3 Å². The highest BCUT2D eigenvalue weighted by atomic mass is 16.5. The molecule has 2 aromatic carbocycles. The summed E-state index contributed by atoms with van der Waals surface area (Å²) in [5, 5.41) is 3.61. The number of hydrogen-bond donors (Lipinski definition) is 1. The average Bonchev–Trinajstić information content (AvgIpc) is 2.54. The third-order valence-electron chi connectivity index (χ3n) is 4.10. The summed E-state index contributed by atoms with van der Waals surface area (Å²) in [6.45, 7) is 7.21. The van der Waals surface area contributed by atoms with Crippen LogP contribution in [0.15, 0.2) is 54.6 Å². The molecule has 3 nitrogen and oxygen atoms in total. The maximum atomic E-state index is 5.88. The molecular formula is C21H30N2O. The summed E-state index contributed by atoms with van der Waals surface area (Å²) in [6.07, 6.45) is 0. The summed E-state index contributed by atoms with van der Waals surface area (Å²) in [5.74, 6) is 0.907. The highest BCUT2D eigenvalue weighted by Gasteiger charge is 2.21. The fourth-order valence-electron chi connectivity index (χ4n) is 3.15. The zero-order valence-electron chi connectivity index (χ0n) is 15.5. The van der Waals surface area contributed by atoms with Gasteiger partial charge in [0.05, 0.1) is 0 Å². The molecule has 2 aromatic rings. The molecule has 0 heterocycles. The summed E-state index contributed by atoms with van der Waals surface area (Å²) in [7, 11) is 4.26. The van der Waals surface area contributed by atoms with Crippen LogP contribution in [0.5, 0.6) is 5.75 Å². The number of hydrogen-bond acceptors (Lipinski definition) is 3. The van der Waals surface area contributed by atoms with E-state index in [-0.39, 0.29) is 0 Å². The molecule has 0 aliphatic carbocycles. The first kappa shape index (κ1) is 18.5. The molecular weight excluding hydrogens is 296 g/mol. The summed E-state index contributed by atoms with van der Waals surface area (Å²) in [4.78, 5) is 2.26. The van der Waals surface area contributed by atoms with Crippen molar-refractivity contribution >= 4 is 0 Å². The van der Waals surface area contributed by atoms with Crippen molar-refractivity contribution in [3.63, 3.8) is 0 Å². The predicted octanol–water partition coefficient (Wildman–Crippen LogP) is 4.25. The van der Waals surface area contributed by atoms with Gasteiger partial charge in [0.1, 0.15) is 12.4 Å². The molecule has 2 rings (SSSR count).